The fourth-order valence-electron chi connectivity index (χ4n) is 3.05. The SMILES string of the molecule is O=C(CN1CC=C(c2ccc(O)cc2)CC1)NCCc1ccc(F)cc1. The van der Waals surface area contributed by atoms with Crippen molar-refractivity contribution in [1.29, 1.82) is 0 Å². The van der Waals surface area contributed by atoms with Gasteiger partial charge in [0.2, 0.25) is 5.91 Å². The predicted molar refractivity (Wildman–Crippen MR) is 100 cm³/mol. The zero-order chi connectivity index (χ0) is 18.4. The molecule has 5 heteroatoms. The summed E-state index contributed by atoms with van der Waals surface area (Å²) in [5.41, 5.74) is 3.37. The normalized spacial score (nSPS) is 14.7. The van der Waals surface area contributed by atoms with Crippen molar-refractivity contribution in [3.8, 4) is 5.75 Å². The van der Waals surface area contributed by atoms with Crippen LogP contribution in [0, 0.1) is 5.82 Å². The Balaban J connectivity index is 1.41. The number of amides is 1. The molecular weight excluding hydrogens is 331 g/mol. The van der Waals surface area contributed by atoms with Gasteiger partial charge in [-0.25, -0.2) is 4.39 Å². The van der Waals surface area contributed by atoms with Crippen molar-refractivity contribution in [3.63, 3.8) is 0 Å². The van der Waals surface area contributed by atoms with Crippen molar-refractivity contribution in [2.45, 2.75) is 12.8 Å². The van der Waals surface area contributed by atoms with Crippen LogP contribution in [0.25, 0.3) is 5.57 Å². The number of phenolic OH excluding ortho intramolecular Hbond substituents is 1. The molecule has 1 aliphatic rings. The fourth-order valence-corrected chi connectivity index (χ4v) is 3.05. The highest BCUT2D eigenvalue weighted by atomic mass is 19.1. The van der Waals surface area contributed by atoms with Crippen molar-refractivity contribution in [2.24, 2.45) is 0 Å². The summed E-state index contributed by atoms with van der Waals surface area (Å²) in [6.45, 7) is 2.50. The third kappa shape index (κ3) is 5.17. The Bertz CT molecular complexity index is 770. The molecule has 1 heterocycles. The van der Waals surface area contributed by atoms with Crippen LogP contribution in [0.5, 0.6) is 5.75 Å². The first-order valence-electron chi connectivity index (χ1n) is 8.82. The standard InChI is InChI=1S/C21H23FN2O2/c22-19-5-1-16(2-6-19)9-12-23-21(26)15-24-13-10-18(11-14-24)17-3-7-20(25)8-4-17/h1-8,10,25H,9,11-15H2,(H,23,26). The highest BCUT2D eigenvalue weighted by molar-refractivity contribution is 5.78. The van der Waals surface area contributed by atoms with Crippen LogP contribution in [-0.4, -0.2) is 42.1 Å². The third-order valence-electron chi connectivity index (χ3n) is 4.55. The molecular formula is C21H23FN2O2. The number of carbonyl (C=O) groups excluding carboxylic acids is 1. The lowest BCUT2D eigenvalue weighted by Crippen LogP contribution is -2.39. The Morgan fingerprint density at radius 1 is 1.12 bits per heavy atom. The average Bonchev–Trinajstić information content (AvgIpc) is 2.65. The van der Waals surface area contributed by atoms with E-state index in [1.54, 1.807) is 24.3 Å². The highest BCUT2D eigenvalue weighted by Crippen LogP contribution is 2.23. The molecule has 0 unspecified atom stereocenters. The van der Waals surface area contributed by atoms with Crippen molar-refractivity contribution >= 4 is 11.5 Å². The number of aromatic hydroxyl groups is 1. The van der Waals surface area contributed by atoms with Gasteiger partial charge >= 0.3 is 0 Å². The first-order chi connectivity index (χ1) is 12.6. The monoisotopic (exact) mass is 354 g/mol. The summed E-state index contributed by atoms with van der Waals surface area (Å²) in [5, 5.41) is 12.3. The van der Waals surface area contributed by atoms with E-state index < -0.39 is 0 Å². The van der Waals surface area contributed by atoms with Gasteiger partial charge in [0, 0.05) is 19.6 Å². The van der Waals surface area contributed by atoms with Gasteiger partial charge in [0.1, 0.15) is 11.6 Å². The minimum atomic E-state index is -0.248. The number of hydrogen-bond acceptors (Lipinski definition) is 3. The van der Waals surface area contributed by atoms with Crippen molar-refractivity contribution < 1.29 is 14.3 Å². The van der Waals surface area contributed by atoms with Gasteiger partial charge in [-0.3, -0.25) is 9.69 Å². The van der Waals surface area contributed by atoms with Crippen LogP contribution in [0.3, 0.4) is 0 Å². The topological polar surface area (TPSA) is 52.6 Å². The Morgan fingerprint density at radius 2 is 1.85 bits per heavy atom. The van der Waals surface area contributed by atoms with E-state index in [1.807, 2.05) is 12.1 Å². The summed E-state index contributed by atoms with van der Waals surface area (Å²) in [6, 6.07) is 13.6. The third-order valence-corrected chi connectivity index (χ3v) is 4.55. The zero-order valence-corrected chi connectivity index (χ0v) is 14.6. The molecule has 3 rings (SSSR count). The molecule has 0 fully saturated rings. The van der Waals surface area contributed by atoms with Gasteiger partial charge in [0.25, 0.3) is 0 Å². The predicted octanol–water partition coefficient (Wildman–Crippen LogP) is 2.98. The van der Waals surface area contributed by atoms with Crippen LogP contribution in [0.4, 0.5) is 4.39 Å². The molecule has 0 atom stereocenters. The minimum absolute atomic E-state index is 0.00796. The number of hydrogen-bond donors (Lipinski definition) is 2. The summed E-state index contributed by atoms with van der Waals surface area (Å²) in [7, 11) is 0. The molecule has 1 aliphatic heterocycles. The molecule has 2 aromatic rings. The average molecular weight is 354 g/mol. The van der Waals surface area contributed by atoms with Crippen LogP contribution in [0.2, 0.25) is 0 Å². The molecule has 2 aromatic carbocycles. The van der Waals surface area contributed by atoms with Crippen molar-refractivity contribution in [2.75, 3.05) is 26.2 Å². The second kappa shape index (κ2) is 8.63. The van der Waals surface area contributed by atoms with E-state index >= 15 is 0 Å². The summed E-state index contributed by atoms with van der Waals surface area (Å²) in [6.07, 6.45) is 3.71. The lowest BCUT2D eigenvalue weighted by molar-refractivity contribution is -0.122. The quantitative estimate of drug-likeness (QED) is 0.839. The largest absolute Gasteiger partial charge is 0.508 e. The number of carbonyl (C=O) groups is 1. The van der Waals surface area contributed by atoms with Gasteiger partial charge < -0.3 is 10.4 Å². The van der Waals surface area contributed by atoms with E-state index in [0.29, 0.717) is 19.5 Å². The van der Waals surface area contributed by atoms with Gasteiger partial charge in [0.05, 0.1) is 6.54 Å². The molecule has 1 amide bonds. The van der Waals surface area contributed by atoms with Gasteiger partial charge in [-0.15, -0.1) is 0 Å². The Hall–Kier alpha value is -2.66. The number of nitrogens with zero attached hydrogens (tertiary/aromatic N) is 1. The van der Waals surface area contributed by atoms with Crippen LogP contribution in [0.1, 0.15) is 17.5 Å². The fraction of sp³-hybridized carbons (Fsp3) is 0.286. The van der Waals surface area contributed by atoms with E-state index in [0.717, 1.165) is 30.6 Å². The van der Waals surface area contributed by atoms with Crippen LogP contribution < -0.4 is 5.32 Å². The summed E-state index contributed by atoms with van der Waals surface area (Å²) >= 11 is 0. The highest BCUT2D eigenvalue weighted by Gasteiger charge is 2.15. The second-order valence-corrected chi connectivity index (χ2v) is 6.49. The van der Waals surface area contributed by atoms with Crippen molar-refractivity contribution in [3.05, 3.63) is 71.6 Å². The number of phenols is 1. The van der Waals surface area contributed by atoms with E-state index in [-0.39, 0.29) is 17.5 Å². The van der Waals surface area contributed by atoms with Gasteiger partial charge in [-0.1, -0.05) is 30.3 Å². The zero-order valence-electron chi connectivity index (χ0n) is 14.6. The molecule has 0 spiro atoms. The molecule has 2 N–H and O–H groups in total. The Labute approximate surface area is 153 Å². The smallest absolute Gasteiger partial charge is 0.234 e. The lowest BCUT2D eigenvalue weighted by atomic mass is 9.99. The lowest BCUT2D eigenvalue weighted by Gasteiger charge is -2.26. The Morgan fingerprint density at radius 3 is 2.50 bits per heavy atom. The molecule has 0 saturated carbocycles. The van der Waals surface area contributed by atoms with E-state index in [2.05, 4.69) is 16.3 Å². The first-order valence-corrected chi connectivity index (χ1v) is 8.82. The van der Waals surface area contributed by atoms with Crippen molar-refractivity contribution in [1.82, 2.24) is 10.2 Å². The second-order valence-electron chi connectivity index (χ2n) is 6.49. The molecule has 26 heavy (non-hydrogen) atoms. The van der Waals surface area contributed by atoms with Gasteiger partial charge in [0.15, 0.2) is 0 Å². The summed E-state index contributed by atoms with van der Waals surface area (Å²) in [5.74, 6) is 0.0281. The number of rotatable bonds is 6. The molecule has 136 valence electrons. The summed E-state index contributed by atoms with van der Waals surface area (Å²) < 4.78 is 12.9. The maximum atomic E-state index is 12.9. The molecule has 0 radical (unpaired) electrons. The van der Waals surface area contributed by atoms with E-state index in [4.69, 9.17) is 0 Å². The van der Waals surface area contributed by atoms with E-state index in [9.17, 15) is 14.3 Å². The van der Waals surface area contributed by atoms with Crippen LogP contribution >= 0.6 is 0 Å². The number of nitrogens with one attached hydrogen (secondary N) is 1. The Kier molecular flexibility index (Phi) is 6.02. The maximum absolute atomic E-state index is 12.9. The van der Waals surface area contributed by atoms with Gasteiger partial charge in [-0.2, -0.15) is 0 Å². The maximum Gasteiger partial charge on any atom is 0.234 e. The van der Waals surface area contributed by atoms with Gasteiger partial charge in [-0.05, 0) is 53.8 Å². The molecule has 0 aliphatic carbocycles. The van der Waals surface area contributed by atoms with Crippen LogP contribution in [0.15, 0.2) is 54.6 Å². The molecule has 0 bridgehead atoms. The molecule has 0 aromatic heterocycles. The van der Waals surface area contributed by atoms with Crippen LogP contribution in [-0.2, 0) is 11.2 Å². The molecule has 4 nitrogen and oxygen atoms in total. The summed E-state index contributed by atoms with van der Waals surface area (Å²) in [4.78, 5) is 14.2. The minimum Gasteiger partial charge on any atom is -0.508 e. The number of halogens is 1. The van der Waals surface area contributed by atoms with E-state index in [1.165, 1.54) is 17.7 Å². The first kappa shape index (κ1) is 18.1. The molecule has 0 saturated heterocycles. The number of benzene rings is 2.